The maximum absolute atomic E-state index is 9.58. The Morgan fingerprint density at radius 1 is 1.06 bits per heavy atom. The molecule has 0 saturated heterocycles. The molecule has 0 bridgehead atoms. The maximum atomic E-state index is 9.58. The van der Waals surface area contributed by atoms with Crippen LogP contribution >= 0.6 is 0 Å². The number of ether oxygens (including phenoxy) is 2. The molecule has 3 N–H and O–H groups in total. The maximum Gasteiger partial charge on any atom is 0.160 e. The molecule has 0 aliphatic heterocycles. The predicted molar refractivity (Wildman–Crippen MR) is 62.3 cm³/mol. The summed E-state index contributed by atoms with van der Waals surface area (Å²) < 4.78 is 10.2. The highest BCUT2D eigenvalue weighted by molar-refractivity contribution is 5.43. The zero-order valence-electron chi connectivity index (χ0n) is 9.96. The van der Waals surface area contributed by atoms with Gasteiger partial charge in [-0.2, -0.15) is 0 Å². The lowest BCUT2D eigenvalue weighted by molar-refractivity contribution is -0.0132. The normalized spacial score (nSPS) is 14.2. The van der Waals surface area contributed by atoms with E-state index in [9.17, 15) is 10.2 Å². The van der Waals surface area contributed by atoms with E-state index < -0.39 is 18.8 Å². The molecule has 2 unspecified atom stereocenters. The van der Waals surface area contributed by atoms with Crippen molar-refractivity contribution in [2.24, 2.45) is 0 Å². The number of benzene rings is 1. The van der Waals surface area contributed by atoms with E-state index >= 15 is 0 Å². The summed E-state index contributed by atoms with van der Waals surface area (Å²) in [6, 6.07) is 5.23. The number of hydrogen-bond acceptors (Lipinski definition) is 5. The zero-order valence-corrected chi connectivity index (χ0v) is 9.96. The van der Waals surface area contributed by atoms with Crippen LogP contribution in [0.5, 0.6) is 11.5 Å². The van der Waals surface area contributed by atoms with Gasteiger partial charge in [0.05, 0.1) is 26.9 Å². The summed E-state index contributed by atoms with van der Waals surface area (Å²) in [5.74, 6) is 1.17. The van der Waals surface area contributed by atoms with Crippen molar-refractivity contribution >= 4 is 0 Å². The van der Waals surface area contributed by atoms with Gasteiger partial charge in [-0.25, -0.2) is 0 Å². The topological polar surface area (TPSA) is 79.2 Å². The SMILES string of the molecule is COc1ccc(CC(O)C(O)CO)cc1OC. The van der Waals surface area contributed by atoms with Crippen molar-refractivity contribution in [3.05, 3.63) is 23.8 Å². The second kappa shape index (κ2) is 6.44. The highest BCUT2D eigenvalue weighted by atomic mass is 16.5. The molecule has 1 rings (SSSR count). The van der Waals surface area contributed by atoms with Crippen molar-refractivity contribution in [2.45, 2.75) is 18.6 Å². The minimum Gasteiger partial charge on any atom is -0.493 e. The fourth-order valence-electron chi connectivity index (χ4n) is 1.51. The summed E-state index contributed by atoms with van der Waals surface area (Å²) in [6.45, 7) is -0.464. The first kappa shape index (κ1) is 13.8. The summed E-state index contributed by atoms with van der Waals surface area (Å²) in [5, 5.41) is 27.5. The van der Waals surface area contributed by atoms with Crippen LogP contribution in [0.1, 0.15) is 5.56 Å². The first-order valence-electron chi connectivity index (χ1n) is 5.30. The van der Waals surface area contributed by atoms with Gasteiger partial charge in [-0.1, -0.05) is 6.07 Å². The van der Waals surface area contributed by atoms with Crippen molar-refractivity contribution in [1.29, 1.82) is 0 Å². The molecule has 0 aromatic heterocycles. The summed E-state index contributed by atoms with van der Waals surface area (Å²) >= 11 is 0. The van der Waals surface area contributed by atoms with E-state index in [1.807, 2.05) is 0 Å². The first-order chi connectivity index (χ1) is 8.12. The van der Waals surface area contributed by atoms with Crippen molar-refractivity contribution < 1.29 is 24.8 Å². The van der Waals surface area contributed by atoms with Crippen molar-refractivity contribution in [3.63, 3.8) is 0 Å². The Kier molecular flexibility index (Phi) is 5.21. The smallest absolute Gasteiger partial charge is 0.160 e. The lowest BCUT2D eigenvalue weighted by Gasteiger charge is -2.16. The lowest BCUT2D eigenvalue weighted by atomic mass is 10.0. The van der Waals surface area contributed by atoms with Crippen molar-refractivity contribution in [3.8, 4) is 11.5 Å². The molecule has 0 aliphatic rings. The summed E-state index contributed by atoms with van der Waals surface area (Å²) in [7, 11) is 3.07. The molecule has 5 heteroatoms. The lowest BCUT2D eigenvalue weighted by Crippen LogP contribution is -2.31. The van der Waals surface area contributed by atoms with Gasteiger partial charge < -0.3 is 24.8 Å². The molecule has 0 amide bonds. The largest absolute Gasteiger partial charge is 0.493 e. The number of rotatable bonds is 6. The molecule has 17 heavy (non-hydrogen) atoms. The van der Waals surface area contributed by atoms with E-state index in [0.29, 0.717) is 11.5 Å². The molecule has 0 saturated carbocycles. The van der Waals surface area contributed by atoms with Gasteiger partial charge >= 0.3 is 0 Å². The first-order valence-corrected chi connectivity index (χ1v) is 5.30. The van der Waals surface area contributed by atoms with E-state index in [-0.39, 0.29) is 6.42 Å². The van der Waals surface area contributed by atoms with Gasteiger partial charge in [0.25, 0.3) is 0 Å². The minimum absolute atomic E-state index is 0.238. The van der Waals surface area contributed by atoms with Crippen LogP contribution in [-0.2, 0) is 6.42 Å². The quantitative estimate of drug-likeness (QED) is 0.652. The zero-order chi connectivity index (χ0) is 12.8. The summed E-state index contributed by atoms with van der Waals surface area (Å²) in [6.07, 6.45) is -1.90. The van der Waals surface area contributed by atoms with E-state index in [2.05, 4.69) is 0 Å². The standard InChI is InChI=1S/C12H18O5/c1-16-11-4-3-8(6-12(11)17-2)5-9(14)10(15)7-13/h3-4,6,9-10,13-15H,5,7H2,1-2H3. The molecule has 0 heterocycles. The van der Waals surface area contributed by atoms with Crippen LogP contribution in [0.15, 0.2) is 18.2 Å². The molecule has 5 nitrogen and oxygen atoms in total. The molecular formula is C12H18O5. The molecule has 0 spiro atoms. The molecular weight excluding hydrogens is 224 g/mol. The van der Waals surface area contributed by atoms with Crippen molar-refractivity contribution in [1.82, 2.24) is 0 Å². The van der Waals surface area contributed by atoms with Crippen LogP contribution in [0, 0.1) is 0 Å². The fraction of sp³-hybridized carbons (Fsp3) is 0.500. The van der Waals surface area contributed by atoms with Crippen molar-refractivity contribution in [2.75, 3.05) is 20.8 Å². The van der Waals surface area contributed by atoms with E-state index in [0.717, 1.165) is 5.56 Å². The summed E-state index contributed by atoms with van der Waals surface area (Å²) in [4.78, 5) is 0. The van der Waals surface area contributed by atoms with Gasteiger partial charge in [0.15, 0.2) is 11.5 Å². The van der Waals surface area contributed by atoms with Gasteiger partial charge in [0, 0.05) is 6.42 Å². The fourth-order valence-corrected chi connectivity index (χ4v) is 1.51. The van der Waals surface area contributed by atoms with Gasteiger partial charge in [-0.05, 0) is 17.7 Å². The Labute approximate surface area is 100 Å². The van der Waals surface area contributed by atoms with E-state index in [1.54, 1.807) is 25.3 Å². The van der Waals surface area contributed by atoms with E-state index in [1.165, 1.54) is 7.11 Å². The van der Waals surface area contributed by atoms with Crippen LogP contribution < -0.4 is 9.47 Å². The van der Waals surface area contributed by atoms with Gasteiger partial charge in [-0.15, -0.1) is 0 Å². The Hall–Kier alpha value is -1.30. The number of aliphatic hydroxyl groups excluding tert-OH is 3. The molecule has 2 atom stereocenters. The second-order valence-corrected chi connectivity index (χ2v) is 3.71. The third-order valence-corrected chi connectivity index (χ3v) is 2.52. The van der Waals surface area contributed by atoms with Gasteiger partial charge in [-0.3, -0.25) is 0 Å². The number of hydrogen-bond donors (Lipinski definition) is 3. The predicted octanol–water partition coefficient (Wildman–Crippen LogP) is -0.0396. The molecule has 0 aliphatic carbocycles. The Balaban J connectivity index is 2.78. The number of aliphatic hydroxyl groups is 3. The average molecular weight is 242 g/mol. The monoisotopic (exact) mass is 242 g/mol. The van der Waals surface area contributed by atoms with Crippen LogP contribution in [0.4, 0.5) is 0 Å². The average Bonchev–Trinajstić information content (AvgIpc) is 2.37. The molecule has 0 radical (unpaired) electrons. The molecule has 96 valence electrons. The van der Waals surface area contributed by atoms with E-state index in [4.69, 9.17) is 14.6 Å². The minimum atomic E-state index is -1.14. The Morgan fingerprint density at radius 3 is 2.24 bits per heavy atom. The molecule has 0 fully saturated rings. The van der Waals surface area contributed by atoms with Gasteiger partial charge in [0.2, 0.25) is 0 Å². The Morgan fingerprint density at radius 2 is 1.71 bits per heavy atom. The third kappa shape index (κ3) is 3.59. The van der Waals surface area contributed by atoms with Crippen LogP contribution in [0.2, 0.25) is 0 Å². The number of methoxy groups -OCH3 is 2. The highest BCUT2D eigenvalue weighted by Crippen LogP contribution is 2.28. The second-order valence-electron chi connectivity index (χ2n) is 3.71. The Bertz CT molecular complexity index is 353. The molecule has 1 aromatic rings. The third-order valence-electron chi connectivity index (χ3n) is 2.52. The van der Waals surface area contributed by atoms with Gasteiger partial charge in [0.1, 0.15) is 6.10 Å². The van der Waals surface area contributed by atoms with Crippen LogP contribution in [-0.4, -0.2) is 48.4 Å². The molecule has 1 aromatic carbocycles. The summed E-state index contributed by atoms with van der Waals surface area (Å²) in [5.41, 5.74) is 0.794. The highest BCUT2D eigenvalue weighted by Gasteiger charge is 2.16. The van der Waals surface area contributed by atoms with Crippen LogP contribution in [0.3, 0.4) is 0 Å². The van der Waals surface area contributed by atoms with Crippen LogP contribution in [0.25, 0.3) is 0 Å².